The molecule has 0 saturated heterocycles. The smallest absolute Gasteiger partial charge is 0.113 e. The first-order valence-corrected chi connectivity index (χ1v) is 7.63. The average molecular weight is 296 g/mol. The molecule has 0 spiro atoms. The first-order chi connectivity index (χ1) is 10.3. The molecule has 0 radical (unpaired) electrons. The van der Waals surface area contributed by atoms with Crippen molar-refractivity contribution >= 4 is 11.3 Å². The van der Waals surface area contributed by atoms with Gasteiger partial charge in [-0.25, -0.2) is 0 Å². The van der Waals surface area contributed by atoms with E-state index >= 15 is 0 Å². The molecular formula is C18H16O2S. The Bertz CT molecular complexity index is 632. The lowest BCUT2D eigenvalue weighted by atomic mass is 10.1. The number of thiophene rings is 1. The molecule has 2 atom stereocenters. The van der Waals surface area contributed by atoms with Gasteiger partial charge < -0.3 is 10.2 Å². The van der Waals surface area contributed by atoms with E-state index < -0.39 is 12.2 Å². The third-order valence-electron chi connectivity index (χ3n) is 3.42. The summed E-state index contributed by atoms with van der Waals surface area (Å²) in [4.78, 5) is 1.68. The second-order valence-electron chi connectivity index (χ2n) is 4.87. The molecule has 21 heavy (non-hydrogen) atoms. The van der Waals surface area contributed by atoms with Crippen molar-refractivity contribution in [1.82, 2.24) is 0 Å². The van der Waals surface area contributed by atoms with E-state index in [1.54, 1.807) is 0 Å². The predicted molar refractivity (Wildman–Crippen MR) is 85.3 cm³/mol. The van der Waals surface area contributed by atoms with Gasteiger partial charge in [-0.15, -0.1) is 11.3 Å². The van der Waals surface area contributed by atoms with Crippen molar-refractivity contribution in [2.24, 2.45) is 0 Å². The number of benzene rings is 2. The molecule has 1 aromatic heterocycles. The van der Waals surface area contributed by atoms with Crippen LogP contribution in [-0.2, 0) is 0 Å². The minimum Gasteiger partial charge on any atom is -0.383 e. The highest BCUT2D eigenvalue weighted by atomic mass is 32.1. The highest BCUT2D eigenvalue weighted by Gasteiger charge is 2.17. The summed E-state index contributed by atoms with van der Waals surface area (Å²) in [5, 5.41) is 20.8. The number of aliphatic hydroxyl groups is 2. The van der Waals surface area contributed by atoms with E-state index in [1.807, 2.05) is 72.8 Å². The Hall–Kier alpha value is -1.94. The summed E-state index contributed by atoms with van der Waals surface area (Å²) in [6.45, 7) is 0. The summed E-state index contributed by atoms with van der Waals surface area (Å²) in [7, 11) is 0. The SMILES string of the molecule is OC(c1ccccc1)c1ccc(C(O)c2ccccc2)s1. The molecule has 3 aromatic rings. The molecule has 0 aliphatic heterocycles. The van der Waals surface area contributed by atoms with Crippen LogP contribution < -0.4 is 0 Å². The molecule has 3 rings (SSSR count). The molecule has 1 heterocycles. The van der Waals surface area contributed by atoms with E-state index in [0.29, 0.717) is 0 Å². The van der Waals surface area contributed by atoms with Gasteiger partial charge >= 0.3 is 0 Å². The Balaban J connectivity index is 1.84. The molecule has 0 amide bonds. The molecule has 2 N–H and O–H groups in total. The van der Waals surface area contributed by atoms with E-state index in [9.17, 15) is 10.2 Å². The largest absolute Gasteiger partial charge is 0.383 e. The van der Waals surface area contributed by atoms with Crippen LogP contribution in [0.3, 0.4) is 0 Å². The van der Waals surface area contributed by atoms with E-state index in [0.717, 1.165) is 20.9 Å². The van der Waals surface area contributed by atoms with Gasteiger partial charge in [-0.3, -0.25) is 0 Å². The van der Waals surface area contributed by atoms with Gasteiger partial charge in [-0.05, 0) is 23.3 Å². The molecular weight excluding hydrogens is 280 g/mol. The van der Waals surface area contributed by atoms with Crippen molar-refractivity contribution in [3.05, 3.63) is 93.7 Å². The van der Waals surface area contributed by atoms with Crippen LogP contribution in [0.4, 0.5) is 0 Å². The number of hydrogen-bond acceptors (Lipinski definition) is 3. The topological polar surface area (TPSA) is 40.5 Å². The van der Waals surface area contributed by atoms with Crippen LogP contribution in [0.5, 0.6) is 0 Å². The van der Waals surface area contributed by atoms with Crippen LogP contribution in [0.1, 0.15) is 33.1 Å². The lowest BCUT2D eigenvalue weighted by Crippen LogP contribution is -1.97. The monoisotopic (exact) mass is 296 g/mol. The molecule has 2 unspecified atom stereocenters. The Morgan fingerprint density at radius 2 is 0.952 bits per heavy atom. The van der Waals surface area contributed by atoms with Crippen LogP contribution in [-0.4, -0.2) is 10.2 Å². The number of rotatable bonds is 4. The molecule has 3 heteroatoms. The van der Waals surface area contributed by atoms with Gasteiger partial charge in [0.25, 0.3) is 0 Å². The molecule has 0 aliphatic rings. The number of aliphatic hydroxyl groups excluding tert-OH is 2. The molecule has 2 aromatic carbocycles. The van der Waals surface area contributed by atoms with Crippen molar-refractivity contribution in [2.75, 3.05) is 0 Å². The van der Waals surface area contributed by atoms with Crippen molar-refractivity contribution in [3.63, 3.8) is 0 Å². The summed E-state index contributed by atoms with van der Waals surface area (Å²) in [6.07, 6.45) is -1.29. The second-order valence-corrected chi connectivity index (χ2v) is 6.01. The normalized spacial score (nSPS) is 13.8. The zero-order chi connectivity index (χ0) is 14.7. The van der Waals surface area contributed by atoms with E-state index in [-0.39, 0.29) is 0 Å². The lowest BCUT2D eigenvalue weighted by Gasteiger charge is -2.10. The average Bonchev–Trinajstić information content (AvgIpc) is 3.05. The van der Waals surface area contributed by atoms with Gasteiger partial charge in [-0.2, -0.15) is 0 Å². The standard InChI is InChI=1S/C18H16O2S/c19-17(13-7-3-1-4-8-13)15-11-12-16(21-15)18(20)14-9-5-2-6-10-14/h1-12,17-20H. The minimum atomic E-state index is -0.645. The van der Waals surface area contributed by atoms with E-state index in [1.165, 1.54) is 11.3 Å². The fourth-order valence-electron chi connectivity index (χ4n) is 2.26. The summed E-state index contributed by atoms with van der Waals surface area (Å²) >= 11 is 1.44. The molecule has 106 valence electrons. The summed E-state index contributed by atoms with van der Waals surface area (Å²) in [6, 6.07) is 22.8. The Morgan fingerprint density at radius 1 is 0.571 bits per heavy atom. The second kappa shape index (κ2) is 6.22. The highest BCUT2D eigenvalue weighted by molar-refractivity contribution is 7.12. The van der Waals surface area contributed by atoms with Crippen molar-refractivity contribution < 1.29 is 10.2 Å². The Labute approximate surface area is 128 Å². The lowest BCUT2D eigenvalue weighted by molar-refractivity contribution is 0.223. The van der Waals surface area contributed by atoms with Crippen LogP contribution in [0, 0.1) is 0 Å². The Morgan fingerprint density at radius 3 is 1.33 bits per heavy atom. The molecule has 0 aliphatic carbocycles. The van der Waals surface area contributed by atoms with Crippen molar-refractivity contribution in [2.45, 2.75) is 12.2 Å². The van der Waals surface area contributed by atoms with Gasteiger partial charge in [0.2, 0.25) is 0 Å². The fraction of sp³-hybridized carbons (Fsp3) is 0.111. The zero-order valence-electron chi connectivity index (χ0n) is 11.4. The zero-order valence-corrected chi connectivity index (χ0v) is 12.2. The summed E-state index contributed by atoms with van der Waals surface area (Å²) in [5.41, 5.74) is 1.72. The van der Waals surface area contributed by atoms with Gasteiger partial charge in [0.15, 0.2) is 0 Å². The third-order valence-corrected chi connectivity index (χ3v) is 4.61. The predicted octanol–water partition coefficient (Wildman–Crippen LogP) is 3.91. The Kier molecular flexibility index (Phi) is 4.15. The van der Waals surface area contributed by atoms with Crippen LogP contribution in [0.25, 0.3) is 0 Å². The number of hydrogen-bond donors (Lipinski definition) is 2. The van der Waals surface area contributed by atoms with E-state index in [4.69, 9.17) is 0 Å². The maximum atomic E-state index is 10.4. The van der Waals surface area contributed by atoms with Gasteiger partial charge in [0, 0.05) is 9.75 Å². The maximum absolute atomic E-state index is 10.4. The van der Waals surface area contributed by atoms with Crippen LogP contribution in [0.2, 0.25) is 0 Å². The van der Waals surface area contributed by atoms with Crippen LogP contribution in [0.15, 0.2) is 72.8 Å². The van der Waals surface area contributed by atoms with Crippen LogP contribution >= 0.6 is 11.3 Å². The first-order valence-electron chi connectivity index (χ1n) is 6.81. The summed E-state index contributed by atoms with van der Waals surface area (Å²) < 4.78 is 0. The quantitative estimate of drug-likeness (QED) is 0.766. The first kappa shape index (κ1) is 14.0. The van der Waals surface area contributed by atoms with E-state index in [2.05, 4.69) is 0 Å². The van der Waals surface area contributed by atoms with Gasteiger partial charge in [-0.1, -0.05) is 60.7 Å². The maximum Gasteiger partial charge on any atom is 0.113 e. The molecule has 0 saturated carbocycles. The van der Waals surface area contributed by atoms with Crippen molar-refractivity contribution in [1.29, 1.82) is 0 Å². The molecule has 0 bridgehead atoms. The molecule has 2 nitrogen and oxygen atoms in total. The van der Waals surface area contributed by atoms with Gasteiger partial charge in [0.1, 0.15) is 12.2 Å². The van der Waals surface area contributed by atoms with Crippen molar-refractivity contribution in [3.8, 4) is 0 Å². The minimum absolute atomic E-state index is 0.645. The summed E-state index contributed by atoms with van der Waals surface area (Å²) in [5.74, 6) is 0. The molecule has 0 fully saturated rings. The van der Waals surface area contributed by atoms with Gasteiger partial charge in [0.05, 0.1) is 0 Å². The fourth-order valence-corrected chi connectivity index (χ4v) is 3.30. The highest BCUT2D eigenvalue weighted by Crippen LogP contribution is 2.33. The third kappa shape index (κ3) is 3.05.